The minimum Gasteiger partial charge on any atom is -0.309 e. The highest BCUT2D eigenvalue weighted by atomic mass is 32.1. The normalized spacial score (nSPS) is 10.4. The van der Waals surface area contributed by atoms with Crippen molar-refractivity contribution in [3.63, 3.8) is 0 Å². The zero-order chi connectivity index (χ0) is 16.9. The zero-order valence-corrected chi connectivity index (χ0v) is 13.8. The topological polar surface area (TPSA) is 49.3 Å². The van der Waals surface area contributed by atoms with Gasteiger partial charge >= 0.3 is 0 Å². The number of halogens is 1. The number of carbonyl (C=O) groups excluding carboxylic acids is 1. The Kier molecular flexibility index (Phi) is 4.81. The standard InChI is InChI=1S/C17H15FN4OS/c1-21(16-4-2-3-9-19-16)17-20-14(11-24-17)10-22(12-23)15-7-5-13(18)6-8-15/h2-9,11-12H,10H2,1H3. The van der Waals surface area contributed by atoms with Crippen LogP contribution in [0.5, 0.6) is 0 Å². The Balaban J connectivity index is 1.75. The lowest BCUT2D eigenvalue weighted by Gasteiger charge is -2.16. The molecule has 2 heterocycles. The zero-order valence-electron chi connectivity index (χ0n) is 13.0. The number of hydrogen-bond donors (Lipinski definition) is 0. The lowest BCUT2D eigenvalue weighted by Crippen LogP contribution is -2.20. The van der Waals surface area contributed by atoms with Crippen LogP contribution in [0.25, 0.3) is 0 Å². The SMILES string of the molecule is CN(c1ccccn1)c1nc(CN(C=O)c2ccc(F)cc2)cs1. The number of aromatic nitrogens is 2. The summed E-state index contributed by atoms with van der Waals surface area (Å²) in [5.74, 6) is 0.460. The predicted octanol–water partition coefficient (Wildman–Crippen LogP) is 3.61. The van der Waals surface area contributed by atoms with Gasteiger partial charge in [-0.15, -0.1) is 11.3 Å². The molecule has 3 aromatic rings. The van der Waals surface area contributed by atoms with E-state index in [2.05, 4.69) is 9.97 Å². The molecule has 0 fully saturated rings. The maximum absolute atomic E-state index is 13.0. The quantitative estimate of drug-likeness (QED) is 0.642. The molecule has 0 atom stereocenters. The molecule has 24 heavy (non-hydrogen) atoms. The molecule has 7 heteroatoms. The molecule has 0 unspecified atom stereocenters. The molecule has 1 amide bonds. The van der Waals surface area contributed by atoms with E-state index < -0.39 is 0 Å². The van der Waals surface area contributed by atoms with Gasteiger partial charge in [0.1, 0.15) is 11.6 Å². The number of pyridine rings is 1. The molecule has 0 aliphatic rings. The molecule has 0 saturated carbocycles. The van der Waals surface area contributed by atoms with Crippen LogP contribution in [0, 0.1) is 5.82 Å². The van der Waals surface area contributed by atoms with Crippen molar-refractivity contribution in [1.82, 2.24) is 9.97 Å². The molecule has 5 nitrogen and oxygen atoms in total. The summed E-state index contributed by atoms with van der Waals surface area (Å²) in [6, 6.07) is 11.5. The van der Waals surface area contributed by atoms with E-state index in [4.69, 9.17) is 0 Å². The van der Waals surface area contributed by atoms with Crippen molar-refractivity contribution in [2.24, 2.45) is 0 Å². The summed E-state index contributed by atoms with van der Waals surface area (Å²) < 4.78 is 13.0. The van der Waals surface area contributed by atoms with Crippen molar-refractivity contribution in [3.8, 4) is 0 Å². The number of rotatable bonds is 6. The van der Waals surface area contributed by atoms with Crippen LogP contribution >= 0.6 is 11.3 Å². The van der Waals surface area contributed by atoms with Gasteiger partial charge in [0.25, 0.3) is 0 Å². The van der Waals surface area contributed by atoms with Crippen molar-refractivity contribution in [2.45, 2.75) is 6.54 Å². The number of thiazole rings is 1. The second kappa shape index (κ2) is 7.18. The molecule has 0 aliphatic heterocycles. The molecular formula is C17H15FN4OS. The summed E-state index contributed by atoms with van der Waals surface area (Å²) in [4.78, 5) is 23.6. The molecule has 1 aromatic carbocycles. The first-order chi connectivity index (χ1) is 11.7. The fourth-order valence-corrected chi connectivity index (χ4v) is 2.96. The third-order valence-corrected chi connectivity index (χ3v) is 4.40. The van der Waals surface area contributed by atoms with Crippen molar-refractivity contribution in [1.29, 1.82) is 0 Å². The van der Waals surface area contributed by atoms with E-state index >= 15 is 0 Å². The first kappa shape index (κ1) is 16.1. The first-order valence-electron chi connectivity index (χ1n) is 7.24. The highest BCUT2D eigenvalue weighted by Gasteiger charge is 2.13. The molecule has 0 spiro atoms. The predicted molar refractivity (Wildman–Crippen MR) is 93.1 cm³/mol. The largest absolute Gasteiger partial charge is 0.309 e. The Labute approximate surface area is 143 Å². The first-order valence-corrected chi connectivity index (χ1v) is 8.12. The van der Waals surface area contributed by atoms with Gasteiger partial charge in [0.15, 0.2) is 5.13 Å². The highest BCUT2D eigenvalue weighted by molar-refractivity contribution is 7.13. The average molecular weight is 342 g/mol. The lowest BCUT2D eigenvalue weighted by atomic mass is 10.3. The van der Waals surface area contributed by atoms with Gasteiger partial charge in [0, 0.05) is 24.3 Å². The van der Waals surface area contributed by atoms with Gasteiger partial charge in [-0.25, -0.2) is 14.4 Å². The number of benzene rings is 1. The Morgan fingerprint density at radius 3 is 2.67 bits per heavy atom. The van der Waals surface area contributed by atoms with Crippen molar-refractivity contribution in [2.75, 3.05) is 16.8 Å². The van der Waals surface area contributed by atoms with E-state index in [1.807, 2.05) is 35.5 Å². The number of anilines is 3. The van der Waals surface area contributed by atoms with Crippen molar-refractivity contribution >= 4 is 34.4 Å². The van der Waals surface area contributed by atoms with Crippen LogP contribution in [0.15, 0.2) is 54.0 Å². The van der Waals surface area contributed by atoms with Crippen LogP contribution in [0.3, 0.4) is 0 Å². The Morgan fingerprint density at radius 2 is 2.00 bits per heavy atom. The third kappa shape index (κ3) is 3.57. The molecule has 0 N–H and O–H groups in total. The second-order valence-corrected chi connectivity index (χ2v) is 5.91. The summed E-state index contributed by atoms with van der Waals surface area (Å²) in [6.07, 6.45) is 2.44. The van der Waals surface area contributed by atoms with Gasteiger partial charge in [-0.2, -0.15) is 0 Å². The van der Waals surface area contributed by atoms with E-state index in [0.29, 0.717) is 18.6 Å². The van der Waals surface area contributed by atoms with E-state index in [0.717, 1.165) is 16.6 Å². The molecule has 0 radical (unpaired) electrons. The second-order valence-electron chi connectivity index (χ2n) is 5.08. The fourth-order valence-electron chi connectivity index (χ4n) is 2.17. The number of amides is 1. The third-order valence-electron chi connectivity index (χ3n) is 3.44. The molecule has 0 bridgehead atoms. The van der Waals surface area contributed by atoms with Crippen LogP contribution in [-0.2, 0) is 11.3 Å². The van der Waals surface area contributed by atoms with Crippen molar-refractivity contribution in [3.05, 3.63) is 65.6 Å². The van der Waals surface area contributed by atoms with E-state index in [1.165, 1.54) is 28.4 Å². The van der Waals surface area contributed by atoms with Crippen molar-refractivity contribution < 1.29 is 9.18 Å². The molecule has 2 aromatic heterocycles. The Morgan fingerprint density at radius 1 is 1.21 bits per heavy atom. The molecule has 3 rings (SSSR count). The molecule has 0 saturated heterocycles. The summed E-state index contributed by atoms with van der Waals surface area (Å²) in [6.45, 7) is 0.321. The van der Waals surface area contributed by atoms with Gasteiger partial charge in [0.05, 0.1) is 12.2 Å². The summed E-state index contributed by atoms with van der Waals surface area (Å²) in [5, 5.41) is 2.68. The van der Waals surface area contributed by atoms with E-state index in [1.54, 1.807) is 18.3 Å². The summed E-state index contributed by atoms with van der Waals surface area (Å²) in [5.41, 5.74) is 1.38. The smallest absolute Gasteiger partial charge is 0.214 e. The van der Waals surface area contributed by atoms with Crippen LogP contribution in [-0.4, -0.2) is 23.4 Å². The maximum atomic E-state index is 13.0. The summed E-state index contributed by atoms with van der Waals surface area (Å²) >= 11 is 1.47. The fraction of sp³-hybridized carbons (Fsp3) is 0.118. The minimum absolute atomic E-state index is 0.321. The highest BCUT2D eigenvalue weighted by Crippen LogP contribution is 2.26. The van der Waals surface area contributed by atoms with Gasteiger partial charge in [0.2, 0.25) is 6.41 Å². The van der Waals surface area contributed by atoms with E-state index in [-0.39, 0.29) is 5.82 Å². The minimum atomic E-state index is -0.336. The number of hydrogen-bond acceptors (Lipinski definition) is 5. The molecule has 122 valence electrons. The molecular weight excluding hydrogens is 327 g/mol. The lowest BCUT2D eigenvalue weighted by molar-refractivity contribution is -0.107. The van der Waals surface area contributed by atoms with Crippen LogP contribution in [0.2, 0.25) is 0 Å². The number of carbonyl (C=O) groups is 1. The van der Waals surface area contributed by atoms with Gasteiger partial charge in [-0.3, -0.25) is 4.79 Å². The van der Waals surface area contributed by atoms with Gasteiger partial charge in [-0.1, -0.05) is 6.07 Å². The molecule has 0 aliphatic carbocycles. The van der Waals surface area contributed by atoms with Crippen LogP contribution < -0.4 is 9.80 Å². The van der Waals surface area contributed by atoms with Crippen LogP contribution in [0.1, 0.15) is 5.69 Å². The Bertz CT molecular complexity index is 807. The van der Waals surface area contributed by atoms with Gasteiger partial charge in [-0.05, 0) is 36.4 Å². The maximum Gasteiger partial charge on any atom is 0.214 e. The monoisotopic (exact) mass is 342 g/mol. The van der Waals surface area contributed by atoms with Crippen LogP contribution in [0.4, 0.5) is 21.0 Å². The average Bonchev–Trinajstić information content (AvgIpc) is 3.09. The van der Waals surface area contributed by atoms with E-state index in [9.17, 15) is 9.18 Å². The van der Waals surface area contributed by atoms with Gasteiger partial charge < -0.3 is 9.80 Å². The number of nitrogens with zero attached hydrogens (tertiary/aromatic N) is 4. The Hall–Kier alpha value is -2.80. The summed E-state index contributed by atoms with van der Waals surface area (Å²) in [7, 11) is 1.89.